The van der Waals surface area contributed by atoms with Crippen molar-refractivity contribution in [2.24, 2.45) is 0 Å². The molecule has 100 valence electrons. The number of thioether (sulfide) groups is 1. The summed E-state index contributed by atoms with van der Waals surface area (Å²) < 4.78 is 0. The Morgan fingerprint density at radius 2 is 1.83 bits per heavy atom. The molecule has 0 aliphatic carbocycles. The van der Waals surface area contributed by atoms with Crippen LogP contribution in [0.3, 0.4) is 0 Å². The number of rotatable bonds is 7. The van der Waals surface area contributed by atoms with Gasteiger partial charge in [-0.3, -0.25) is 4.79 Å². The first-order valence-corrected chi connectivity index (χ1v) is 7.77. The quantitative estimate of drug-likeness (QED) is 0.665. The molecule has 0 atom stereocenters. The molecule has 0 saturated carbocycles. The summed E-state index contributed by atoms with van der Waals surface area (Å²) in [6, 6.07) is 6.72. The number of unbranched alkanes of at least 4 members (excludes halogenated alkanes) is 3. The van der Waals surface area contributed by atoms with Gasteiger partial charge >= 0.3 is 0 Å². The lowest BCUT2D eigenvalue weighted by Gasteiger charge is -2.06. The molecule has 18 heavy (non-hydrogen) atoms. The second-order valence-corrected chi connectivity index (χ2v) is 6.21. The molecule has 0 aromatic heterocycles. The Morgan fingerprint density at radius 1 is 1.11 bits per heavy atom. The summed E-state index contributed by atoms with van der Waals surface area (Å²) in [5.41, 5.74) is 4.25. The molecule has 0 bridgehead atoms. The van der Waals surface area contributed by atoms with Gasteiger partial charge in [0.15, 0.2) is 5.12 Å². The third kappa shape index (κ3) is 6.25. The van der Waals surface area contributed by atoms with Crippen LogP contribution in [0.25, 0.3) is 0 Å². The molecule has 0 amide bonds. The monoisotopic (exact) mass is 264 g/mol. The van der Waals surface area contributed by atoms with E-state index in [1.807, 2.05) is 0 Å². The minimum atomic E-state index is 0.241. The number of carbonyl (C=O) groups excluding carboxylic acids is 1. The molecule has 1 rings (SSSR count). The summed E-state index contributed by atoms with van der Waals surface area (Å²) in [5.74, 6) is 0.985. The van der Waals surface area contributed by atoms with Gasteiger partial charge in [0.25, 0.3) is 0 Å². The average Bonchev–Trinajstić information content (AvgIpc) is 2.30. The van der Waals surface area contributed by atoms with Crippen LogP contribution in [0.15, 0.2) is 18.2 Å². The summed E-state index contributed by atoms with van der Waals surface area (Å²) in [4.78, 5) is 10.7. The molecule has 0 aliphatic rings. The van der Waals surface area contributed by atoms with Crippen molar-refractivity contribution in [2.45, 2.75) is 52.9 Å². The Morgan fingerprint density at radius 3 is 2.50 bits per heavy atom. The summed E-state index contributed by atoms with van der Waals surface area (Å²) in [6.07, 6.45) is 6.12. The van der Waals surface area contributed by atoms with Gasteiger partial charge in [-0.15, -0.1) is 0 Å². The van der Waals surface area contributed by atoms with E-state index in [0.29, 0.717) is 0 Å². The molecule has 0 aliphatic heterocycles. The van der Waals surface area contributed by atoms with Crippen molar-refractivity contribution in [1.82, 2.24) is 0 Å². The van der Waals surface area contributed by atoms with Gasteiger partial charge in [-0.05, 0) is 44.2 Å². The van der Waals surface area contributed by atoms with Gasteiger partial charge in [-0.2, -0.15) is 0 Å². The lowest BCUT2D eigenvalue weighted by Crippen LogP contribution is -1.92. The SMILES string of the molecule is CC(=O)SCCCCCCc1ccc(C)cc1C. The molecule has 0 heterocycles. The van der Waals surface area contributed by atoms with E-state index in [2.05, 4.69) is 32.0 Å². The Bertz CT molecular complexity index is 385. The molecule has 0 fully saturated rings. The highest BCUT2D eigenvalue weighted by Gasteiger charge is 1.99. The average molecular weight is 264 g/mol. The van der Waals surface area contributed by atoms with E-state index in [1.165, 1.54) is 54.1 Å². The normalized spacial score (nSPS) is 10.6. The number of aryl methyl sites for hydroxylation is 3. The van der Waals surface area contributed by atoms with Gasteiger partial charge in [-0.1, -0.05) is 48.4 Å². The predicted octanol–water partition coefficient (Wildman–Crippen LogP) is 4.69. The molecular formula is C16H24OS. The molecule has 0 N–H and O–H groups in total. The standard InChI is InChI=1S/C16H24OS/c1-13-9-10-16(14(2)12-13)8-6-4-5-7-11-18-15(3)17/h9-10,12H,4-8,11H2,1-3H3. The third-order valence-electron chi connectivity index (χ3n) is 3.14. The Labute approximate surface area is 115 Å². The summed E-state index contributed by atoms with van der Waals surface area (Å²) in [5, 5.41) is 0.241. The minimum Gasteiger partial charge on any atom is -0.288 e. The molecule has 0 radical (unpaired) electrons. The van der Waals surface area contributed by atoms with Crippen molar-refractivity contribution in [1.29, 1.82) is 0 Å². The minimum absolute atomic E-state index is 0.241. The fraction of sp³-hybridized carbons (Fsp3) is 0.562. The van der Waals surface area contributed by atoms with Gasteiger partial charge in [0.2, 0.25) is 0 Å². The van der Waals surface area contributed by atoms with Crippen LogP contribution in [0, 0.1) is 13.8 Å². The maximum atomic E-state index is 10.7. The molecule has 1 aromatic rings. The van der Waals surface area contributed by atoms with Crippen LogP contribution < -0.4 is 0 Å². The zero-order chi connectivity index (χ0) is 13.4. The number of hydrogen-bond acceptors (Lipinski definition) is 2. The van der Waals surface area contributed by atoms with Crippen LogP contribution in [-0.4, -0.2) is 10.9 Å². The first-order chi connectivity index (χ1) is 8.59. The van der Waals surface area contributed by atoms with E-state index in [0.717, 1.165) is 12.2 Å². The van der Waals surface area contributed by atoms with Crippen molar-refractivity contribution >= 4 is 16.9 Å². The molecule has 1 nitrogen and oxygen atoms in total. The molecule has 2 heteroatoms. The van der Waals surface area contributed by atoms with Crippen LogP contribution in [0.4, 0.5) is 0 Å². The highest BCUT2D eigenvalue weighted by Crippen LogP contribution is 2.15. The first-order valence-electron chi connectivity index (χ1n) is 6.79. The lowest BCUT2D eigenvalue weighted by atomic mass is 10.00. The van der Waals surface area contributed by atoms with Gasteiger partial charge in [-0.25, -0.2) is 0 Å². The van der Waals surface area contributed by atoms with Crippen LogP contribution in [0.5, 0.6) is 0 Å². The van der Waals surface area contributed by atoms with E-state index < -0.39 is 0 Å². The van der Waals surface area contributed by atoms with Crippen LogP contribution in [0.2, 0.25) is 0 Å². The largest absolute Gasteiger partial charge is 0.288 e. The molecule has 0 unspecified atom stereocenters. The van der Waals surface area contributed by atoms with E-state index >= 15 is 0 Å². The first kappa shape index (κ1) is 15.3. The summed E-state index contributed by atoms with van der Waals surface area (Å²) >= 11 is 1.45. The fourth-order valence-electron chi connectivity index (χ4n) is 2.11. The maximum absolute atomic E-state index is 10.7. The summed E-state index contributed by atoms with van der Waals surface area (Å²) in [6.45, 7) is 5.99. The van der Waals surface area contributed by atoms with E-state index in [9.17, 15) is 4.79 Å². The zero-order valence-electron chi connectivity index (χ0n) is 11.8. The molecule has 0 saturated heterocycles. The van der Waals surface area contributed by atoms with Crippen molar-refractivity contribution in [3.8, 4) is 0 Å². The Kier molecular flexibility index (Phi) is 7.11. The number of carbonyl (C=O) groups is 1. The predicted molar refractivity (Wildman–Crippen MR) is 81.2 cm³/mol. The Hall–Kier alpha value is -0.760. The molecule has 1 aromatic carbocycles. The third-order valence-corrected chi connectivity index (χ3v) is 4.04. The van der Waals surface area contributed by atoms with Crippen molar-refractivity contribution in [2.75, 3.05) is 5.75 Å². The van der Waals surface area contributed by atoms with Crippen LogP contribution in [-0.2, 0) is 11.2 Å². The number of hydrogen-bond donors (Lipinski definition) is 0. The highest BCUT2D eigenvalue weighted by molar-refractivity contribution is 8.13. The lowest BCUT2D eigenvalue weighted by molar-refractivity contribution is -0.109. The maximum Gasteiger partial charge on any atom is 0.185 e. The van der Waals surface area contributed by atoms with Gasteiger partial charge in [0.1, 0.15) is 0 Å². The second kappa shape index (κ2) is 8.36. The number of benzene rings is 1. The van der Waals surface area contributed by atoms with Crippen molar-refractivity contribution in [3.63, 3.8) is 0 Å². The van der Waals surface area contributed by atoms with Gasteiger partial charge < -0.3 is 0 Å². The Balaban J connectivity index is 2.12. The molecular weight excluding hydrogens is 240 g/mol. The van der Waals surface area contributed by atoms with Gasteiger partial charge in [0.05, 0.1) is 0 Å². The summed E-state index contributed by atoms with van der Waals surface area (Å²) in [7, 11) is 0. The molecule has 0 spiro atoms. The van der Waals surface area contributed by atoms with E-state index in [1.54, 1.807) is 6.92 Å². The van der Waals surface area contributed by atoms with Crippen LogP contribution >= 0.6 is 11.8 Å². The fourth-order valence-corrected chi connectivity index (χ4v) is 2.75. The zero-order valence-corrected chi connectivity index (χ0v) is 12.6. The highest BCUT2D eigenvalue weighted by atomic mass is 32.2. The second-order valence-electron chi connectivity index (χ2n) is 4.93. The topological polar surface area (TPSA) is 17.1 Å². The van der Waals surface area contributed by atoms with Crippen molar-refractivity contribution < 1.29 is 4.79 Å². The van der Waals surface area contributed by atoms with Gasteiger partial charge in [0, 0.05) is 12.7 Å². The smallest absolute Gasteiger partial charge is 0.185 e. The van der Waals surface area contributed by atoms with Crippen molar-refractivity contribution in [3.05, 3.63) is 34.9 Å². The van der Waals surface area contributed by atoms with Crippen LogP contribution in [0.1, 0.15) is 49.3 Å². The van der Waals surface area contributed by atoms with E-state index in [4.69, 9.17) is 0 Å². The van der Waals surface area contributed by atoms with E-state index in [-0.39, 0.29) is 5.12 Å².